The number of halogens is 1. The monoisotopic (exact) mass is 276 g/mol. The lowest BCUT2D eigenvalue weighted by molar-refractivity contribution is 0.587. The van der Waals surface area contributed by atoms with Gasteiger partial charge in [0.1, 0.15) is 0 Å². The van der Waals surface area contributed by atoms with E-state index in [-0.39, 0.29) is 11.7 Å². The van der Waals surface area contributed by atoms with Gasteiger partial charge in [-0.2, -0.15) is 0 Å². The highest BCUT2D eigenvalue weighted by molar-refractivity contribution is 7.92. The number of aryl methyl sites for hydroxylation is 1. The Balaban J connectivity index is 3.00. The first kappa shape index (κ1) is 14.1. The van der Waals surface area contributed by atoms with Crippen LogP contribution < -0.4 is 10.5 Å². The minimum atomic E-state index is -3.34. The van der Waals surface area contributed by atoms with Crippen LogP contribution in [0.3, 0.4) is 0 Å². The van der Waals surface area contributed by atoms with Gasteiger partial charge in [-0.25, -0.2) is 8.42 Å². The molecule has 96 valence electrons. The highest BCUT2D eigenvalue weighted by Gasteiger charge is 2.14. The number of nitrogens with one attached hydrogen (secondary N) is 1. The Morgan fingerprint density at radius 3 is 2.53 bits per heavy atom. The predicted octanol–water partition coefficient (Wildman–Crippen LogP) is 2.63. The van der Waals surface area contributed by atoms with Gasteiger partial charge in [-0.3, -0.25) is 4.72 Å². The van der Waals surface area contributed by atoms with E-state index >= 15 is 0 Å². The maximum Gasteiger partial charge on any atom is 0.232 e. The number of nitrogens with two attached hydrogens (primary N) is 1. The van der Waals surface area contributed by atoms with E-state index in [9.17, 15) is 8.42 Å². The fraction of sp³-hybridized carbons (Fsp3) is 0.455. The fourth-order valence-corrected chi connectivity index (χ4v) is 3.14. The number of benzene rings is 1. The summed E-state index contributed by atoms with van der Waals surface area (Å²) in [7, 11) is -3.34. The van der Waals surface area contributed by atoms with Gasteiger partial charge in [0.25, 0.3) is 0 Å². The van der Waals surface area contributed by atoms with Gasteiger partial charge < -0.3 is 5.73 Å². The molecule has 1 aromatic rings. The molecule has 0 heterocycles. The first-order chi connectivity index (χ1) is 7.71. The van der Waals surface area contributed by atoms with E-state index in [1.165, 1.54) is 6.07 Å². The zero-order valence-corrected chi connectivity index (χ0v) is 11.7. The lowest BCUT2D eigenvalue weighted by Gasteiger charge is -2.13. The molecule has 0 fully saturated rings. The molecule has 0 aliphatic rings. The average Bonchev–Trinajstić information content (AvgIpc) is 2.11. The second-order valence-electron chi connectivity index (χ2n) is 4.47. The first-order valence-electron chi connectivity index (χ1n) is 5.27. The Morgan fingerprint density at radius 1 is 1.41 bits per heavy atom. The molecule has 1 aromatic carbocycles. The summed E-state index contributed by atoms with van der Waals surface area (Å²) in [6.07, 6.45) is 0. The molecule has 6 heteroatoms. The maximum absolute atomic E-state index is 11.8. The van der Waals surface area contributed by atoms with Gasteiger partial charge in [-0.15, -0.1) is 0 Å². The molecule has 0 aliphatic carbocycles. The summed E-state index contributed by atoms with van der Waals surface area (Å²) in [5, 5.41) is 0.345. The SMILES string of the molecule is Cc1cc(N)c(Cl)cc1NS(=O)(=O)CC(C)C. The van der Waals surface area contributed by atoms with Gasteiger partial charge in [0, 0.05) is 0 Å². The molecule has 0 bridgehead atoms. The third-order valence-corrected chi connectivity index (χ3v) is 4.13. The van der Waals surface area contributed by atoms with Crippen LogP contribution >= 0.6 is 11.6 Å². The number of rotatable bonds is 4. The number of hydrogen-bond acceptors (Lipinski definition) is 3. The van der Waals surface area contributed by atoms with Crippen molar-refractivity contribution in [3.63, 3.8) is 0 Å². The summed E-state index contributed by atoms with van der Waals surface area (Å²) in [6.45, 7) is 5.48. The van der Waals surface area contributed by atoms with Crippen LogP contribution in [0.5, 0.6) is 0 Å². The van der Waals surface area contributed by atoms with Crippen LogP contribution in [0.25, 0.3) is 0 Å². The van der Waals surface area contributed by atoms with E-state index in [1.54, 1.807) is 13.0 Å². The Bertz CT molecular complexity index is 512. The van der Waals surface area contributed by atoms with Crippen molar-refractivity contribution < 1.29 is 8.42 Å². The highest BCUT2D eigenvalue weighted by atomic mass is 35.5. The van der Waals surface area contributed by atoms with Crippen molar-refractivity contribution in [2.75, 3.05) is 16.2 Å². The smallest absolute Gasteiger partial charge is 0.232 e. The van der Waals surface area contributed by atoms with Crippen LogP contribution in [-0.4, -0.2) is 14.2 Å². The van der Waals surface area contributed by atoms with Crippen LogP contribution in [0, 0.1) is 12.8 Å². The normalized spacial score (nSPS) is 11.8. The molecule has 0 radical (unpaired) electrons. The molecule has 4 nitrogen and oxygen atoms in total. The molecule has 17 heavy (non-hydrogen) atoms. The number of hydrogen-bond donors (Lipinski definition) is 2. The summed E-state index contributed by atoms with van der Waals surface area (Å²) < 4.78 is 26.1. The zero-order chi connectivity index (χ0) is 13.2. The molecule has 0 atom stereocenters. The van der Waals surface area contributed by atoms with Crippen LogP contribution in [0.1, 0.15) is 19.4 Å². The summed E-state index contributed by atoms with van der Waals surface area (Å²) in [5.74, 6) is 0.145. The molecule has 0 aromatic heterocycles. The van der Waals surface area contributed by atoms with Crippen molar-refractivity contribution >= 4 is 33.0 Å². The van der Waals surface area contributed by atoms with Crippen LogP contribution in [0.15, 0.2) is 12.1 Å². The average molecular weight is 277 g/mol. The van der Waals surface area contributed by atoms with Crippen molar-refractivity contribution in [3.8, 4) is 0 Å². The summed E-state index contributed by atoms with van der Waals surface area (Å²) in [5.41, 5.74) is 7.29. The van der Waals surface area contributed by atoms with Gasteiger partial charge in [0.05, 0.1) is 22.2 Å². The molecule has 3 N–H and O–H groups in total. The third kappa shape index (κ3) is 4.09. The molecule has 0 amide bonds. The van der Waals surface area contributed by atoms with Crippen molar-refractivity contribution in [2.24, 2.45) is 5.92 Å². The van der Waals surface area contributed by atoms with Crippen molar-refractivity contribution in [1.29, 1.82) is 0 Å². The largest absolute Gasteiger partial charge is 0.398 e. The van der Waals surface area contributed by atoms with E-state index in [0.29, 0.717) is 16.4 Å². The standard InChI is InChI=1S/C11H17ClN2O2S/c1-7(2)6-17(15,16)14-11-5-9(12)10(13)4-8(11)3/h4-5,7,14H,6,13H2,1-3H3. The molecule has 0 unspecified atom stereocenters. The lowest BCUT2D eigenvalue weighted by Crippen LogP contribution is -2.20. The lowest BCUT2D eigenvalue weighted by atomic mass is 10.2. The summed E-state index contributed by atoms with van der Waals surface area (Å²) in [4.78, 5) is 0. The van der Waals surface area contributed by atoms with Crippen LogP contribution in [0.4, 0.5) is 11.4 Å². The molecular formula is C11H17ClN2O2S. The topological polar surface area (TPSA) is 72.2 Å². The Hall–Kier alpha value is -0.940. The predicted molar refractivity (Wildman–Crippen MR) is 72.8 cm³/mol. The summed E-state index contributed by atoms with van der Waals surface area (Å²) >= 11 is 5.86. The number of sulfonamides is 1. The Kier molecular flexibility index (Phi) is 4.27. The van der Waals surface area contributed by atoms with Gasteiger partial charge in [0.15, 0.2) is 0 Å². The Morgan fingerprint density at radius 2 is 2.00 bits per heavy atom. The van der Waals surface area contributed by atoms with E-state index in [2.05, 4.69) is 4.72 Å². The van der Waals surface area contributed by atoms with Gasteiger partial charge in [-0.05, 0) is 30.5 Å². The molecule has 1 rings (SSSR count). The third-order valence-electron chi connectivity index (χ3n) is 2.16. The van der Waals surface area contributed by atoms with Gasteiger partial charge in [0.2, 0.25) is 10.0 Å². The maximum atomic E-state index is 11.8. The van der Waals surface area contributed by atoms with Crippen molar-refractivity contribution in [1.82, 2.24) is 0 Å². The second-order valence-corrected chi connectivity index (χ2v) is 6.64. The van der Waals surface area contributed by atoms with E-state index in [0.717, 1.165) is 5.56 Å². The first-order valence-corrected chi connectivity index (χ1v) is 7.30. The quantitative estimate of drug-likeness (QED) is 0.831. The molecule has 0 saturated heterocycles. The number of nitrogen functional groups attached to an aromatic ring is 1. The van der Waals surface area contributed by atoms with Crippen LogP contribution in [0.2, 0.25) is 5.02 Å². The van der Waals surface area contributed by atoms with E-state index in [1.807, 2.05) is 13.8 Å². The fourth-order valence-electron chi connectivity index (χ4n) is 1.46. The number of anilines is 2. The van der Waals surface area contributed by atoms with E-state index in [4.69, 9.17) is 17.3 Å². The van der Waals surface area contributed by atoms with Gasteiger partial charge >= 0.3 is 0 Å². The van der Waals surface area contributed by atoms with Gasteiger partial charge in [-0.1, -0.05) is 25.4 Å². The zero-order valence-electron chi connectivity index (χ0n) is 10.1. The van der Waals surface area contributed by atoms with Crippen molar-refractivity contribution in [3.05, 3.63) is 22.7 Å². The van der Waals surface area contributed by atoms with E-state index < -0.39 is 10.0 Å². The molecule has 0 saturated carbocycles. The minimum Gasteiger partial charge on any atom is -0.398 e. The molecular weight excluding hydrogens is 260 g/mol. The minimum absolute atomic E-state index is 0.0667. The molecule has 0 spiro atoms. The van der Waals surface area contributed by atoms with Crippen molar-refractivity contribution in [2.45, 2.75) is 20.8 Å². The Labute approximate surface area is 107 Å². The van der Waals surface area contributed by atoms with Crippen LogP contribution in [-0.2, 0) is 10.0 Å². The second kappa shape index (κ2) is 5.14. The highest BCUT2D eigenvalue weighted by Crippen LogP contribution is 2.27. The summed E-state index contributed by atoms with van der Waals surface area (Å²) in [6, 6.07) is 3.18. The molecule has 0 aliphatic heterocycles.